The second kappa shape index (κ2) is 4.70. The molecular formula is C16H29NS. The standard InChI is InChI=1S/C16H29NS/c1-15(2,17)11-18-4-3-16-8-12-5-13(9-16)7-14(6-12)10-16/h12-14H,3-11,17H2,1-2H3. The number of hydrogen-bond donors (Lipinski definition) is 1. The topological polar surface area (TPSA) is 26.0 Å². The molecule has 0 atom stereocenters. The summed E-state index contributed by atoms with van der Waals surface area (Å²) in [6.45, 7) is 4.29. The van der Waals surface area contributed by atoms with E-state index in [1.54, 1.807) is 38.5 Å². The predicted octanol–water partition coefficient (Wildman–Crippen LogP) is 4.06. The molecule has 4 saturated carbocycles. The van der Waals surface area contributed by atoms with Crippen LogP contribution in [0.3, 0.4) is 0 Å². The number of rotatable bonds is 5. The maximum Gasteiger partial charge on any atom is 0.0188 e. The Bertz CT molecular complexity index is 269. The lowest BCUT2D eigenvalue weighted by molar-refractivity contribution is -0.0538. The molecule has 0 spiro atoms. The van der Waals surface area contributed by atoms with Crippen LogP contribution < -0.4 is 5.73 Å². The lowest BCUT2D eigenvalue weighted by Gasteiger charge is -2.57. The zero-order valence-electron chi connectivity index (χ0n) is 12.1. The van der Waals surface area contributed by atoms with Crippen molar-refractivity contribution in [2.24, 2.45) is 28.9 Å². The molecule has 0 aromatic carbocycles. The van der Waals surface area contributed by atoms with Gasteiger partial charge in [-0.3, -0.25) is 0 Å². The van der Waals surface area contributed by atoms with Gasteiger partial charge in [-0.05, 0) is 87.7 Å². The Morgan fingerprint density at radius 1 is 1.06 bits per heavy atom. The molecule has 4 aliphatic carbocycles. The third kappa shape index (κ3) is 2.90. The van der Waals surface area contributed by atoms with Crippen LogP contribution in [0.5, 0.6) is 0 Å². The Morgan fingerprint density at radius 2 is 1.56 bits per heavy atom. The quantitative estimate of drug-likeness (QED) is 0.760. The highest BCUT2D eigenvalue weighted by Gasteiger charge is 2.50. The first kappa shape index (κ1) is 13.3. The van der Waals surface area contributed by atoms with Crippen molar-refractivity contribution < 1.29 is 0 Å². The molecule has 4 fully saturated rings. The van der Waals surface area contributed by atoms with E-state index < -0.39 is 0 Å². The van der Waals surface area contributed by atoms with Crippen molar-refractivity contribution in [1.29, 1.82) is 0 Å². The van der Waals surface area contributed by atoms with Crippen LogP contribution in [0.1, 0.15) is 58.8 Å². The van der Waals surface area contributed by atoms with Gasteiger partial charge in [0.05, 0.1) is 0 Å². The van der Waals surface area contributed by atoms with Crippen LogP contribution in [0.4, 0.5) is 0 Å². The minimum atomic E-state index is 0.00609. The highest BCUT2D eigenvalue weighted by Crippen LogP contribution is 2.61. The first-order valence-electron chi connectivity index (χ1n) is 7.81. The second-order valence-electron chi connectivity index (χ2n) is 8.21. The van der Waals surface area contributed by atoms with Crippen LogP contribution in [0.15, 0.2) is 0 Å². The van der Waals surface area contributed by atoms with E-state index in [0.29, 0.717) is 0 Å². The highest BCUT2D eigenvalue weighted by molar-refractivity contribution is 7.99. The number of nitrogens with two attached hydrogens (primary N) is 1. The first-order valence-corrected chi connectivity index (χ1v) is 8.96. The van der Waals surface area contributed by atoms with Gasteiger partial charge in [-0.25, -0.2) is 0 Å². The van der Waals surface area contributed by atoms with E-state index in [1.807, 2.05) is 0 Å². The van der Waals surface area contributed by atoms with E-state index in [1.165, 1.54) is 12.2 Å². The van der Waals surface area contributed by atoms with Gasteiger partial charge < -0.3 is 5.73 Å². The summed E-state index contributed by atoms with van der Waals surface area (Å²) in [6, 6.07) is 0. The molecule has 0 amide bonds. The summed E-state index contributed by atoms with van der Waals surface area (Å²) >= 11 is 2.08. The van der Waals surface area contributed by atoms with Crippen molar-refractivity contribution in [3.63, 3.8) is 0 Å². The highest BCUT2D eigenvalue weighted by atomic mass is 32.2. The minimum absolute atomic E-state index is 0.00609. The Morgan fingerprint density at radius 3 is 2.00 bits per heavy atom. The molecule has 0 aromatic heterocycles. The normalized spacial score (nSPS) is 42.5. The van der Waals surface area contributed by atoms with Crippen LogP contribution in [-0.4, -0.2) is 17.0 Å². The van der Waals surface area contributed by atoms with E-state index >= 15 is 0 Å². The smallest absolute Gasteiger partial charge is 0.0188 e. The molecule has 2 N–H and O–H groups in total. The average molecular weight is 267 g/mol. The molecular weight excluding hydrogens is 238 g/mol. The number of hydrogen-bond acceptors (Lipinski definition) is 2. The maximum absolute atomic E-state index is 6.06. The molecule has 104 valence electrons. The van der Waals surface area contributed by atoms with E-state index in [4.69, 9.17) is 5.73 Å². The van der Waals surface area contributed by atoms with Crippen LogP contribution in [0.25, 0.3) is 0 Å². The minimum Gasteiger partial charge on any atom is -0.325 e. The molecule has 2 heteroatoms. The van der Waals surface area contributed by atoms with E-state index in [2.05, 4.69) is 25.6 Å². The second-order valence-corrected chi connectivity index (χ2v) is 9.31. The first-order chi connectivity index (χ1) is 8.44. The van der Waals surface area contributed by atoms with Gasteiger partial charge >= 0.3 is 0 Å². The van der Waals surface area contributed by atoms with Crippen LogP contribution in [-0.2, 0) is 0 Å². The largest absolute Gasteiger partial charge is 0.325 e. The fourth-order valence-corrected chi connectivity index (χ4v) is 6.47. The molecule has 0 heterocycles. The van der Waals surface area contributed by atoms with E-state index in [9.17, 15) is 0 Å². The van der Waals surface area contributed by atoms with Crippen LogP contribution >= 0.6 is 11.8 Å². The third-order valence-corrected chi connectivity index (χ3v) is 6.86. The molecule has 0 radical (unpaired) electrons. The van der Waals surface area contributed by atoms with E-state index in [0.717, 1.165) is 28.9 Å². The summed E-state index contributed by atoms with van der Waals surface area (Å²) < 4.78 is 0. The van der Waals surface area contributed by atoms with Crippen LogP contribution in [0.2, 0.25) is 0 Å². The average Bonchev–Trinajstić information content (AvgIpc) is 2.21. The van der Waals surface area contributed by atoms with E-state index in [-0.39, 0.29) is 5.54 Å². The molecule has 4 aliphatic rings. The fraction of sp³-hybridized carbons (Fsp3) is 1.00. The van der Waals surface area contributed by atoms with Crippen molar-refractivity contribution >= 4 is 11.8 Å². The molecule has 0 aliphatic heterocycles. The summed E-state index contributed by atoms with van der Waals surface area (Å²) in [5, 5.41) is 0. The van der Waals surface area contributed by atoms with Gasteiger partial charge in [0, 0.05) is 11.3 Å². The van der Waals surface area contributed by atoms with Gasteiger partial charge in [0.2, 0.25) is 0 Å². The van der Waals surface area contributed by atoms with Gasteiger partial charge in [-0.15, -0.1) is 0 Å². The van der Waals surface area contributed by atoms with Crippen molar-refractivity contribution in [1.82, 2.24) is 0 Å². The summed E-state index contributed by atoms with van der Waals surface area (Å²) in [4.78, 5) is 0. The Labute approximate surface area is 117 Å². The molecule has 0 unspecified atom stereocenters. The van der Waals surface area contributed by atoms with Crippen molar-refractivity contribution in [3.05, 3.63) is 0 Å². The van der Waals surface area contributed by atoms with Crippen molar-refractivity contribution in [2.75, 3.05) is 11.5 Å². The lowest BCUT2D eigenvalue weighted by Crippen LogP contribution is -2.46. The Kier molecular flexibility index (Phi) is 3.47. The fourth-order valence-electron chi connectivity index (χ4n) is 5.22. The SMILES string of the molecule is CC(C)(N)CSCCC12CC3CC(CC(C3)C1)C2. The monoisotopic (exact) mass is 267 g/mol. The molecule has 1 nitrogen and oxygen atoms in total. The number of thioether (sulfide) groups is 1. The third-order valence-electron chi connectivity index (χ3n) is 5.42. The Balaban J connectivity index is 1.50. The summed E-state index contributed by atoms with van der Waals surface area (Å²) in [6.07, 6.45) is 10.9. The zero-order valence-corrected chi connectivity index (χ0v) is 12.9. The van der Waals surface area contributed by atoms with Crippen molar-refractivity contribution in [2.45, 2.75) is 64.3 Å². The predicted molar refractivity (Wildman–Crippen MR) is 80.8 cm³/mol. The maximum atomic E-state index is 6.06. The zero-order chi connectivity index (χ0) is 12.8. The van der Waals surface area contributed by atoms with Gasteiger partial charge in [0.25, 0.3) is 0 Å². The van der Waals surface area contributed by atoms with Crippen LogP contribution in [0, 0.1) is 23.2 Å². The molecule has 0 aromatic rings. The Hall–Kier alpha value is 0.310. The molecule has 0 saturated heterocycles. The van der Waals surface area contributed by atoms with Gasteiger partial charge in [-0.1, -0.05) is 0 Å². The molecule has 4 bridgehead atoms. The lowest BCUT2D eigenvalue weighted by atomic mass is 9.49. The molecule has 18 heavy (non-hydrogen) atoms. The summed E-state index contributed by atoms with van der Waals surface area (Å²) in [7, 11) is 0. The van der Waals surface area contributed by atoms with Crippen molar-refractivity contribution in [3.8, 4) is 0 Å². The van der Waals surface area contributed by atoms with Gasteiger partial charge in [0.15, 0.2) is 0 Å². The molecule has 4 rings (SSSR count). The summed E-state index contributed by atoms with van der Waals surface area (Å²) in [5.74, 6) is 5.76. The summed E-state index contributed by atoms with van der Waals surface area (Å²) in [5.41, 5.74) is 6.83. The van der Waals surface area contributed by atoms with Gasteiger partial charge in [-0.2, -0.15) is 11.8 Å². The van der Waals surface area contributed by atoms with Gasteiger partial charge in [0.1, 0.15) is 0 Å².